The SMILES string of the molecule is CCOC(=O)COc1cc2sc(C)nc2c2sccc12. The van der Waals surface area contributed by atoms with Gasteiger partial charge in [-0.2, -0.15) is 0 Å². The molecule has 20 heavy (non-hydrogen) atoms. The Morgan fingerprint density at radius 1 is 1.45 bits per heavy atom. The standard InChI is InChI=1S/C14H13NO3S2/c1-3-17-12(16)7-18-10-6-11-13(15-8(2)20-11)14-9(10)4-5-19-14/h4-6H,3,7H2,1-2H3. The highest BCUT2D eigenvalue weighted by Crippen LogP contribution is 2.38. The fourth-order valence-electron chi connectivity index (χ4n) is 2.05. The van der Waals surface area contributed by atoms with Gasteiger partial charge in [0, 0.05) is 11.5 Å². The molecule has 0 aliphatic carbocycles. The van der Waals surface area contributed by atoms with E-state index in [0.29, 0.717) is 12.4 Å². The quantitative estimate of drug-likeness (QED) is 0.689. The molecule has 0 spiro atoms. The molecule has 0 aliphatic rings. The van der Waals surface area contributed by atoms with E-state index in [1.54, 1.807) is 29.6 Å². The molecular weight excluding hydrogens is 294 g/mol. The molecule has 0 saturated carbocycles. The maximum Gasteiger partial charge on any atom is 0.344 e. The number of rotatable bonds is 4. The van der Waals surface area contributed by atoms with Crippen molar-refractivity contribution in [3.05, 3.63) is 22.5 Å². The minimum atomic E-state index is -0.350. The van der Waals surface area contributed by atoms with Gasteiger partial charge in [0.2, 0.25) is 0 Å². The first-order valence-electron chi connectivity index (χ1n) is 6.25. The maximum atomic E-state index is 11.4. The van der Waals surface area contributed by atoms with Crippen molar-refractivity contribution in [1.82, 2.24) is 4.98 Å². The lowest BCUT2D eigenvalue weighted by Crippen LogP contribution is -2.14. The molecule has 0 radical (unpaired) electrons. The molecule has 3 rings (SSSR count). The smallest absolute Gasteiger partial charge is 0.344 e. The monoisotopic (exact) mass is 307 g/mol. The van der Waals surface area contributed by atoms with E-state index in [9.17, 15) is 4.79 Å². The number of fused-ring (bicyclic) bond motifs is 3. The van der Waals surface area contributed by atoms with Crippen molar-refractivity contribution >= 4 is 48.9 Å². The van der Waals surface area contributed by atoms with Gasteiger partial charge in [-0.1, -0.05) is 0 Å². The van der Waals surface area contributed by atoms with Crippen LogP contribution in [0.4, 0.5) is 0 Å². The third-order valence-corrected chi connectivity index (χ3v) is 4.66. The highest BCUT2D eigenvalue weighted by atomic mass is 32.1. The normalized spacial score (nSPS) is 11.1. The van der Waals surface area contributed by atoms with Gasteiger partial charge in [0.05, 0.1) is 26.5 Å². The Hall–Kier alpha value is -1.66. The highest BCUT2D eigenvalue weighted by molar-refractivity contribution is 7.21. The van der Waals surface area contributed by atoms with Gasteiger partial charge in [-0.3, -0.25) is 0 Å². The minimum Gasteiger partial charge on any atom is -0.481 e. The highest BCUT2D eigenvalue weighted by Gasteiger charge is 2.13. The van der Waals surface area contributed by atoms with Crippen LogP contribution in [0, 0.1) is 6.92 Å². The molecule has 104 valence electrons. The topological polar surface area (TPSA) is 48.4 Å². The molecule has 0 N–H and O–H groups in total. The van der Waals surface area contributed by atoms with E-state index in [0.717, 1.165) is 25.3 Å². The lowest BCUT2D eigenvalue weighted by Gasteiger charge is -2.07. The number of hydrogen-bond donors (Lipinski definition) is 0. The summed E-state index contributed by atoms with van der Waals surface area (Å²) in [6.45, 7) is 4.07. The molecule has 0 unspecified atom stereocenters. The Kier molecular flexibility index (Phi) is 3.58. The summed E-state index contributed by atoms with van der Waals surface area (Å²) in [5, 5.41) is 4.03. The van der Waals surface area contributed by atoms with Crippen LogP contribution in [0.3, 0.4) is 0 Å². The first-order valence-corrected chi connectivity index (χ1v) is 7.94. The molecule has 6 heteroatoms. The van der Waals surface area contributed by atoms with Crippen LogP contribution in [-0.2, 0) is 9.53 Å². The van der Waals surface area contributed by atoms with Crippen molar-refractivity contribution in [1.29, 1.82) is 0 Å². The van der Waals surface area contributed by atoms with Crippen LogP contribution < -0.4 is 4.74 Å². The Bertz CT molecular complexity index is 775. The summed E-state index contributed by atoms with van der Waals surface area (Å²) < 4.78 is 12.7. The zero-order chi connectivity index (χ0) is 14.1. The van der Waals surface area contributed by atoms with E-state index < -0.39 is 0 Å². The Morgan fingerprint density at radius 3 is 3.10 bits per heavy atom. The van der Waals surface area contributed by atoms with E-state index in [1.807, 2.05) is 24.4 Å². The van der Waals surface area contributed by atoms with Crippen LogP contribution in [0.1, 0.15) is 11.9 Å². The second kappa shape index (κ2) is 5.38. The Labute approximate surface area is 124 Å². The molecule has 0 fully saturated rings. The zero-order valence-corrected chi connectivity index (χ0v) is 12.8. The summed E-state index contributed by atoms with van der Waals surface area (Å²) in [6.07, 6.45) is 0. The van der Waals surface area contributed by atoms with Gasteiger partial charge in [0.1, 0.15) is 5.75 Å². The summed E-state index contributed by atoms with van der Waals surface area (Å²) in [4.78, 5) is 16.0. The van der Waals surface area contributed by atoms with E-state index in [2.05, 4.69) is 4.98 Å². The van der Waals surface area contributed by atoms with Gasteiger partial charge in [0.15, 0.2) is 6.61 Å². The van der Waals surface area contributed by atoms with E-state index >= 15 is 0 Å². The minimum absolute atomic E-state index is 0.0674. The van der Waals surface area contributed by atoms with Gasteiger partial charge >= 0.3 is 5.97 Å². The number of carbonyl (C=O) groups excluding carboxylic acids is 1. The summed E-state index contributed by atoms with van der Waals surface area (Å²) in [5.41, 5.74) is 1.01. The Balaban J connectivity index is 2.00. The number of aryl methyl sites for hydroxylation is 1. The number of benzene rings is 1. The number of thiazole rings is 1. The number of aromatic nitrogens is 1. The van der Waals surface area contributed by atoms with E-state index in [-0.39, 0.29) is 12.6 Å². The maximum absolute atomic E-state index is 11.4. The third-order valence-electron chi connectivity index (χ3n) is 2.82. The van der Waals surface area contributed by atoms with E-state index in [4.69, 9.17) is 9.47 Å². The molecule has 2 aromatic heterocycles. The average Bonchev–Trinajstić information content (AvgIpc) is 3.01. The van der Waals surface area contributed by atoms with Gasteiger partial charge in [0.25, 0.3) is 0 Å². The molecule has 0 bridgehead atoms. The molecule has 3 aromatic rings. The van der Waals surface area contributed by atoms with Crippen molar-refractivity contribution in [2.45, 2.75) is 13.8 Å². The molecule has 1 aromatic carbocycles. The number of thiophene rings is 1. The first kappa shape index (κ1) is 13.3. The zero-order valence-electron chi connectivity index (χ0n) is 11.1. The van der Waals surface area contributed by atoms with Gasteiger partial charge < -0.3 is 9.47 Å². The lowest BCUT2D eigenvalue weighted by atomic mass is 10.2. The molecule has 0 aliphatic heterocycles. The Morgan fingerprint density at radius 2 is 2.30 bits per heavy atom. The summed E-state index contributed by atoms with van der Waals surface area (Å²) >= 11 is 3.27. The molecule has 2 heterocycles. The molecule has 4 nitrogen and oxygen atoms in total. The summed E-state index contributed by atoms with van der Waals surface area (Å²) in [6, 6.07) is 3.95. The number of hydrogen-bond acceptors (Lipinski definition) is 6. The van der Waals surface area contributed by atoms with Crippen LogP contribution in [0.15, 0.2) is 17.5 Å². The second-order valence-corrected chi connectivity index (χ2v) is 6.36. The van der Waals surface area contributed by atoms with Crippen LogP contribution in [0.2, 0.25) is 0 Å². The van der Waals surface area contributed by atoms with Crippen molar-refractivity contribution in [2.75, 3.05) is 13.2 Å². The number of carbonyl (C=O) groups is 1. The van der Waals surface area contributed by atoms with E-state index in [1.165, 1.54) is 0 Å². The van der Waals surface area contributed by atoms with Crippen LogP contribution in [0.5, 0.6) is 5.75 Å². The predicted molar refractivity (Wildman–Crippen MR) is 81.9 cm³/mol. The van der Waals surface area contributed by atoms with Crippen molar-refractivity contribution < 1.29 is 14.3 Å². The van der Waals surface area contributed by atoms with Gasteiger partial charge in [-0.15, -0.1) is 22.7 Å². The molecule has 0 saturated heterocycles. The number of esters is 1. The lowest BCUT2D eigenvalue weighted by molar-refractivity contribution is -0.145. The van der Waals surface area contributed by atoms with Crippen LogP contribution >= 0.6 is 22.7 Å². The fraction of sp³-hybridized carbons (Fsp3) is 0.286. The molecule has 0 amide bonds. The summed E-state index contributed by atoms with van der Waals surface area (Å²) in [7, 11) is 0. The average molecular weight is 307 g/mol. The number of nitrogens with zero attached hydrogens (tertiary/aromatic N) is 1. The van der Waals surface area contributed by atoms with Crippen LogP contribution in [0.25, 0.3) is 20.3 Å². The van der Waals surface area contributed by atoms with Gasteiger partial charge in [-0.05, 0) is 25.3 Å². The largest absolute Gasteiger partial charge is 0.481 e. The third kappa shape index (κ3) is 2.36. The molecular formula is C14H13NO3S2. The second-order valence-electron chi connectivity index (χ2n) is 4.21. The summed E-state index contributed by atoms with van der Waals surface area (Å²) in [5.74, 6) is 0.363. The first-order chi connectivity index (χ1) is 9.69. The van der Waals surface area contributed by atoms with Crippen LogP contribution in [-0.4, -0.2) is 24.2 Å². The predicted octanol–water partition coefficient (Wildman–Crippen LogP) is 3.76. The number of ether oxygens (including phenoxy) is 2. The van der Waals surface area contributed by atoms with Crippen molar-refractivity contribution in [3.8, 4) is 5.75 Å². The van der Waals surface area contributed by atoms with Gasteiger partial charge in [-0.25, -0.2) is 9.78 Å². The molecule has 0 atom stereocenters. The van der Waals surface area contributed by atoms with Crippen molar-refractivity contribution in [3.63, 3.8) is 0 Å². The van der Waals surface area contributed by atoms with Crippen molar-refractivity contribution in [2.24, 2.45) is 0 Å². The fourth-order valence-corrected chi connectivity index (χ4v) is 3.88.